The molecule has 0 atom stereocenters. The first-order valence-corrected chi connectivity index (χ1v) is 9.82. The molecule has 4 nitrogen and oxygen atoms in total. The lowest BCUT2D eigenvalue weighted by atomic mass is 10.2. The number of halogens is 3. The zero-order valence-corrected chi connectivity index (χ0v) is 16.9. The molecule has 0 saturated heterocycles. The van der Waals surface area contributed by atoms with E-state index in [2.05, 4.69) is 16.9 Å². The molecule has 8 heteroatoms. The van der Waals surface area contributed by atoms with Crippen molar-refractivity contribution in [2.45, 2.75) is 6.61 Å². The molecule has 144 valence electrons. The molecule has 2 aromatic carbocycles. The summed E-state index contributed by atoms with van der Waals surface area (Å²) in [7, 11) is 0. The third-order valence-electron chi connectivity index (χ3n) is 3.70. The Bertz CT molecular complexity index is 1020. The highest BCUT2D eigenvalue weighted by Gasteiger charge is 2.14. The van der Waals surface area contributed by atoms with E-state index in [0.717, 1.165) is 5.56 Å². The van der Waals surface area contributed by atoms with Crippen LogP contribution in [0.25, 0.3) is 10.6 Å². The molecule has 0 bridgehead atoms. The fourth-order valence-electron chi connectivity index (χ4n) is 2.31. The molecule has 0 aliphatic rings. The van der Waals surface area contributed by atoms with Gasteiger partial charge in [-0.05, 0) is 29.8 Å². The summed E-state index contributed by atoms with van der Waals surface area (Å²) in [6, 6.07) is 9.67. The van der Waals surface area contributed by atoms with Crippen LogP contribution in [0, 0.1) is 5.82 Å². The van der Waals surface area contributed by atoms with Gasteiger partial charge in [-0.15, -0.1) is 17.9 Å². The SMILES string of the molecule is C=CCNC(=O)c1csc(-c2ccc(OCc3ccc(Cl)c(Cl)c3)cc2F)n1. The Hall–Kier alpha value is -2.41. The van der Waals surface area contributed by atoms with Gasteiger partial charge in [0.2, 0.25) is 0 Å². The third-order valence-corrected chi connectivity index (χ3v) is 5.32. The number of hydrogen-bond donors (Lipinski definition) is 1. The second-order valence-corrected chi connectivity index (χ2v) is 7.39. The largest absolute Gasteiger partial charge is 0.489 e. The number of amides is 1. The topological polar surface area (TPSA) is 51.2 Å². The highest BCUT2D eigenvalue weighted by molar-refractivity contribution is 7.13. The van der Waals surface area contributed by atoms with E-state index in [1.54, 1.807) is 41.8 Å². The Morgan fingerprint density at radius 2 is 2.07 bits per heavy atom. The van der Waals surface area contributed by atoms with Crippen LogP contribution in [-0.2, 0) is 6.61 Å². The van der Waals surface area contributed by atoms with Crippen molar-refractivity contribution in [2.24, 2.45) is 0 Å². The Morgan fingerprint density at radius 3 is 2.79 bits per heavy atom. The lowest BCUT2D eigenvalue weighted by Crippen LogP contribution is -2.23. The number of ether oxygens (including phenoxy) is 1. The minimum atomic E-state index is -0.487. The summed E-state index contributed by atoms with van der Waals surface area (Å²) in [4.78, 5) is 16.1. The van der Waals surface area contributed by atoms with E-state index < -0.39 is 5.82 Å². The normalized spacial score (nSPS) is 10.5. The number of rotatable bonds is 7. The fourth-order valence-corrected chi connectivity index (χ4v) is 3.46. The van der Waals surface area contributed by atoms with E-state index in [9.17, 15) is 9.18 Å². The number of carbonyl (C=O) groups excluding carboxylic acids is 1. The van der Waals surface area contributed by atoms with Gasteiger partial charge in [-0.3, -0.25) is 4.79 Å². The maximum absolute atomic E-state index is 14.5. The molecule has 3 rings (SSSR count). The van der Waals surface area contributed by atoms with E-state index in [1.165, 1.54) is 17.4 Å². The van der Waals surface area contributed by atoms with Crippen LogP contribution in [0.1, 0.15) is 16.1 Å². The summed E-state index contributed by atoms with van der Waals surface area (Å²) in [5.74, 6) is -0.448. The summed E-state index contributed by atoms with van der Waals surface area (Å²) >= 11 is 13.1. The lowest BCUT2D eigenvalue weighted by Gasteiger charge is -2.08. The standard InChI is InChI=1S/C20H15Cl2FN2O2S/c1-2-7-24-19(26)18-11-28-20(25-18)14-5-4-13(9-17(14)23)27-10-12-3-6-15(21)16(22)8-12/h2-6,8-9,11H,1,7,10H2,(H,24,26). The fraction of sp³-hybridized carbons (Fsp3) is 0.100. The Kier molecular flexibility index (Phi) is 6.67. The first kappa shape index (κ1) is 20.3. The van der Waals surface area contributed by atoms with Crippen LogP contribution < -0.4 is 10.1 Å². The molecule has 1 heterocycles. The van der Waals surface area contributed by atoms with Crippen LogP contribution >= 0.6 is 34.5 Å². The molecule has 0 aliphatic heterocycles. The van der Waals surface area contributed by atoms with Gasteiger partial charge in [-0.1, -0.05) is 35.3 Å². The predicted octanol–water partition coefficient (Wildman–Crippen LogP) is 5.75. The van der Waals surface area contributed by atoms with E-state index in [4.69, 9.17) is 27.9 Å². The Morgan fingerprint density at radius 1 is 1.25 bits per heavy atom. The van der Waals surface area contributed by atoms with Crippen LogP contribution in [0.3, 0.4) is 0 Å². The first-order chi connectivity index (χ1) is 13.5. The minimum absolute atomic E-state index is 0.223. The summed E-state index contributed by atoms with van der Waals surface area (Å²) in [5.41, 5.74) is 1.35. The van der Waals surface area contributed by atoms with Crippen molar-refractivity contribution in [3.63, 3.8) is 0 Å². The number of aromatic nitrogens is 1. The molecular formula is C20H15Cl2FN2O2S. The van der Waals surface area contributed by atoms with Gasteiger partial charge in [-0.2, -0.15) is 0 Å². The Balaban J connectivity index is 1.70. The zero-order chi connectivity index (χ0) is 20.1. The molecule has 3 aromatic rings. The molecule has 1 N–H and O–H groups in total. The molecular weight excluding hydrogens is 422 g/mol. The van der Waals surface area contributed by atoms with Crippen LogP contribution in [0.15, 0.2) is 54.4 Å². The summed E-state index contributed by atoms with van der Waals surface area (Å²) in [6.45, 7) is 4.10. The number of benzene rings is 2. The smallest absolute Gasteiger partial charge is 0.271 e. The summed E-state index contributed by atoms with van der Waals surface area (Å²) in [6.07, 6.45) is 1.57. The molecule has 1 amide bonds. The van der Waals surface area contributed by atoms with Gasteiger partial charge in [0, 0.05) is 23.6 Å². The first-order valence-electron chi connectivity index (χ1n) is 8.19. The highest BCUT2D eigenvalue weighted by Crippen LogP contribution is 2.29. The minimum Gasteiger partial charge on any atom is -0.489 e. The van der Waals surface area contributed by atoms with Gasteiger partial charge < -0.3 is 10.1 Å². The van der Waals surface area contributed by atoms with Crippen molar-refractivity contribution >= 4 is 40.4 Å². The van der Waals surface area contributed by atoms with Crippen LogP contribution in [0.4, 0.5) is 4.39 Å². The Labute approximate surface area is 175 Å². The van der Waals surface area contributed by atoms with E-state index in [0.29, 0.717) is 32.9 Å². The number of nitrogens with zero attached hydrogens (tertiary/aromatic N) is 1. The van der Waals surface area contributed by atoms with Gasteiger partial charge in [0.1, 0.15) is 28.9 Å². The second-order valence-electron chi connectivity index (χ2n) is 5.72. The second kappa shape index (κ2) is 9.19. The van der Waals surface area contributed by atoms with E-state index in [-0.39, 0.29) is 18.2 Å². The predicted molar refractivity (Wildman–Crippen MR) is 111 cm³/mol. The molecule has 0 saturated carbocycles. The molecule has 0 radical (unpaired) electrons. The van der Waals surface area contributed by atoms with Crippen LogP contribution in [-0.4, -0.2) is 17.4 Å². The van der Waals surface area contributed by atoms with Gasteiger partial charge in [0.15, 0.2) is 0 Å². The summed E-state index contributed by atoms with van der Waals surface area (Å²) in [5, 5.41) is 5.52. The van der Waals surface area contributed by atoms with Gasteiger partial charge in [0.25, 0.3) is 5.91 Å². The number of thiazole rings is 1. The van der Waals surface area contributed by atoms with Gasteiger partial charge in [-0.25, -0.2) is 9.37 Å². The third kappa shape index (κ3) is 4.90. The monoisotopic (exact) mass is 436 g/mol. The number of hydrogen-bond acceptors (Lipinski definition) is 4. The maximum Gasteiger partial charge on any atom is 0.271 e. The molecule has 0 unspecified atom stereocenters. The lowest BCUT2D eigenvalue weighted by molar-refractivity contribution is 0.0954. The van der Waals surface area contributed by atoms with Crippen molar-refractivity contribution in [3.8, 4) is 16.3 Å². The van der Waals surface area contributed by atoms with Crippen LogP contribution in [0.2, 0.25) is 10.0 Å². The highest BCUT2D eigenvalue weighted by atomic mass is 35.5. The van der Waals surface area contributed by atoms with Crippen LogP contribution in [0.5, 0.6) is 5.75 Å². The molecule has 0 aliphatic carbocycles. The zero-order valence-electron chi connectivity index (χ0n) is 14.5. The van der Waals surface area contributed by atoms with Gasteiger partial charge >= 0.3 is 0 Å². The van der Waals surface area contributed by atoms with E-state index in [1.807, 2.05) is 0 Å². The molecule has 1 aromatic heterocycles. The average Bonchev–Trinajstić information content (AvgIpc) is 3.17. The molecule has 0 spiro atoms. The average molecular weight is 437 g/mol. The number of carbonyl (C=O) groups is 1. The molecule has 28 heavy (non-hydrogen) atoms. The summed E-state index contributed by atoms with van der Waals surface area (Å²) < 4.78 is 20.1. The number of nitrogens with one attached hydrogen (secondary N) is 1. The van der Waals surface area contributed by atoms with Gasteiger partial charge in [0.05, 0.1) is 10.0 Å². The van der Waals surface area contributed by atoms with Crippen molar-refractivity contribution in [1.82, 2.24) is 10.3 Å². The van der Waals surface area contributed by atoms with Crippen molar-refractivity contribution in [1.29, 1.82) is 0 Å². The van der Waals surface area contributed by atoms with Crippen molar-refractivity contribution in [3.05, 3.63) is 81.6 Å². The van der Waals surface area contributed by atoms with Crippen molar-refractivity contribution in [2.75, 3.05) is 6.54 Å². The van der Waals surface area contributed by atoms with Crippen molar-refractivity contribution < 1.29 is 13.9 Å². The van der Waals surface area contributed by atoms with E-state index >= 15 is 0 Å². The molecule has 0 fully saturated rings. The quantitative estimate of drug-likeness (QED) is 0.479. The maximum atomic E-state index is 14.5.